The first kappa shape index (κ1) is 18.9. The number of hydrogen-bond acceptors (Lipinski definition) is 2. The zero-order chi connectivity index (χ0) is 17.6. The van der Waals surface area contributed by atoms with Crippen LogP contribution in [0.1, 0.15) is 5.56 Å². The van der Waals surface area contributed by atoms with Crippen molar-refractivity contribution >= 4 is 46.4 Å². The van der Waals surface area contributed by atoms with Crippen molar-refractivity contribution in [2.24, 2.45) is 0 Å². The van der Waals surface area contributed by atoms with Crippen LogP contribution >= 0.6 is 35.6 Å². The third-order valence-electron chi connectivity index (χ3n) is 2.94. The fourth-order valence-corrected chi connectivity index (χ4v) is 2.90. The first-order valence-corrected chi connectivity index (χ1v) is 8.72. The maximum atomic E-state index is 12.5. The number of thioether (sulfide) groups is 1. The molecule has 8 heteroatoms. The number of hydrogen-bond donors (Lipinski definition) is 2. The Balaban J connectivity index is 1.72. The van der Waals surface area contributed by atoms with E-state index in [0.717, 1.165) is 22.8 Å². The third-order valence-corrected chi connectivity index (χ3v) is 4.45. The highest BCUT2D eigenvalue weighted by molar-refractivity contribution is 7.99. The molecule has 0 bridgehead atoms. The monoisotopic (exact) mass is 390 g/mol. The Labute approximate surface area is 152 Å². The Morgan fingerprint density at radius 1 is 1.04 bits per heavy atom. The molecule has 0 saturated heterocycles. The summed E-state index contributed by atoms with van der Waals surface area (Å²) in [6.07, 6.45) is -4.34. The van der Waals surface area contributed by atoms with E-state index in [9.17, 15) is 13.2 Å². The van der Waals surface area contributed by atoms with E-state index in [1.807, 2.05) is 24.3 Å². The minimum atomic E-state index is -4.34. The van der Waals surface area contributed by atoms with Gasteiger partial charge in [-0.25, -0.2) is 0 Å². The van der Waals surface area contributed by atoms with Crippen molar-refractivity contribution in [1.82, 2.24) is 5.32 Å². The van der Waals surface area contributed by atoms with E-state index in [4.69, 9.17) is 23.8 Å². The lowest BCUT2D eigenvalue weighted by Gasteiger charge is -2.12. The molecule has 0 aliphatic rings. The van der Waals surface area contributed by atoms with Gasteiger partial charge in [-0.05, 0) is 60.7 Å². The average molecular weight is 391 g/mol. The Kier molecular flexibility index (Phi) is 6.77. The van der Waals surface area contributed by atoms with E-state index < -0.39 is 11.7 Å². The number of thiocarbonyl (C=S) groups is 1. The van der Waals surface area contributed by atoms with Gasteiger partial charge in [0.05, 0.1) is 5.56 Å². The van der Waals surface area contributed by atoms with Gasteiger partial charge in [-0.3, -0.25) is 0 Å². The predicted molar refractivity (Wildman–Crippen MR) is 97.8 cm³/mol. The maximum absolute atomic E-state index is 12.5. The Morgan fingerprint density at radius 3 is 2.25 bits per heavy atom. The molecule has 2 rings (SSSR count). The molecule has 0 saturated carbocycles. The van der Waals surface area contributed by atoms with E-state index in [-0.39, 0.29) is 0 Å². The van der Waals surface area contributed by atoms with Crippen LogP contribution in [0.25, 0.3) is 0 Å². The largest absolute Gasteiger partial charge is 0.416 e. The van der Waals surface area contributed by atoms with E-state index in [2.05, 4.69) is 10.6 Å². The smallest absolute Gasteiger partial charge is 0.362 e. The summed E-state index contributed by atoms with van der Waals surface area (Å²) < 4.78 is 37.4. The topological polar surface area (TPSA) is 24.1 Å². The lowest BCUT2D eigenvalue weighted by atomic mass is 10.2. The van der Waals surface area contributed by atoms with Crippen molar-refractivity contribution in [2.75, 3.05) is 17.6 Å². The minimum absolute atomic E-state index is 0.367. The van der Waals surface area contributed by atoms with Gasteiger partial charge in [0.1, 0.15) is 0 Å². The van der Waals surface area contributed by atoms with Crippen LogP contribution in [0.3, 0.4) is 0 Å². The number of alkyl halides is 3. The fourth-order valence-electron chi connectivity index (χ4n) is 1.78. The second kappa shape index (κ2) is 8.60. The summed E-state index contributed by atoms with van der Waals surface area (Å²) in [7, 11) is 0. The van der Waals surface area contributed by atoms with Gasteiger partial charge in [0.25, 0.3) is 0 Å². The fraction of sp³-hybridized carbons (Fsp3) is 0.188. The molecule has 2 aromatic carbocycles. The number of halogens is 4. The predicted octanol–water partition coefficient (Wildman–Crippen LogP) is 5.44. The number of rotatable bonds is 5. The molecule has 2 N–H and O–H groups in total. The van der Waals surface area contributed by atoms with E-state index >= 15 is 0 Å². The van der Waals surface area contributed by atoms with Gasteiger partial charge < -0.3 is 10.6 Å². The molecule has 0 spiro atoms. The zero-order valence-corrected chi connectivity index (χ0v) is 14.8. The van der Waals surface area contributed by atoms with Crippen LogP contribution in [-0.4, -0.2) is 17.4 Å². The van der Waals surface area contributed by atoms with Crippen molar-refractivity contribution in [2.45, 2.75) is 11.1 Å². The van der Waals surface area contributed by atoms with Gasteiger partial charge in [-0.15, -0.1) is 11.8 Å². The van der Waals surface area contributed by atoms with Crippen LogP contribution in [0, 0.1) is 0 Å². The molecule has 24 heavy (non-hydrogen) atoms. The molecule has 2 nitrogen and oxygen atoms in total. The van der Waals surface area contributed by atoms with Gasteiger partial charge in [-0.1, -0.05) is 11.6 Å². The normalized spacial score (nSPS) is 11.2. The Hall–Kier alpha value is -1.44. The summed E-state index contributed by atoms with van der Waals surface area (Å²) in [5.74, 6) is 0.788. The van der Waals surface area contributed by atoms with E-state index in [0.29, 0.717) is 22.4 Å². The van der Waals surface area contributed by atoms with Gasteiger partial charge in [-0.2, -0.15) is 13.2 Å². The Bertz CT molecular complexity index is 673. The molecule has 0 aromatic heterocycles. The average Bonchev–Trinajstić information content (AvgIpc) is 2.53. The summed E-state index contributed by atoms with van der Waals surface area (Å²) in [4.78, 5) is 1.10. The first-order valence-electron chi connectivity index (χ1n) is 6.95. The molecule has 0 heterocycles. The summed E-state index contributed by atoms with van der Waals surface area (Å²) in [5.41, 5.74) is -0.183. The zero-order valence-electron chi connectivity index (χ0n) is 12.4. The summed E-state index contributed by atoms with van der Waals surface area (Å²) in [6.45, 7) is 0.625. The van der Waals surface area contributed by atoms with Gasteiger partial charge in [0.15, 0.2) is 5.11 Å². The SMILES string of the molecule is FC(F)(F)c1ccc(NC(=S)NCCSc2ccc(Cl)cc2)cc1. The van der Waals surface area contributed by atoms with E-state index in [1.54, 1.807) is 11.8 Å². The van der Waals surface area contributed by atoms with Crippen LogP contribution in [0.4, 0.5) is 18.9 Å². The highest BCUT2D eigenvalue weighted by Crippen LogP contribution is 2.29. The van der Waals surface area contributed by atoms with Gasteiger partial charge >= 0.3 is 6.18 Å². The molecular weight excluding hydrogens is 377 g/mol. The van der Waals surface area contributed by atoms with Gasteiger partial charge in [0.2, 0.25) is 0 Å². The molecule has 0 atom stereocenters. The highest BCUT2D eigenvalue weighted by atomic mass is 35.5. The van der Waals surface area contributed by atoms with Crippen LogP contribution in [-0.2, 0) is 6.18 Å². The molecular formula is C16H14ClF3N2S2. The second-order valence-electron chi connectivity index (χ2n) is 4.76. The van der Waals surface area contributed by atoms with Crippen LogP contribution in [0.2, 0.25) is 5.02 Å². The molecule has 0 amide bonds. The van der Waals surface area contributed by atoms with E-state index in [1.165, 1.54) is 12.1 Å². The third kappa shape index (κ3) is 6.22. The minimum Gasteiger partial charge on any atom is -0.362 e. The molecule has 2 aromatic rings. The molecule has 0 unspecified atom stereocenters. The van der Waals surface area contributed by atoms with Crippen molar-refractivity contribution in [1.29, 1.82) is 0 Å². The molecule has 0 aliphatic heterocycles. The van der Waals surface area contributed by atoms with Gasteiger partial charge in [0, 0.05) is 27.9 Å². The van der Waals surface area contributed by atoms with Crippen molar-refractivity contribution in [3.8, 4) is 0 Å². The first-order chi connectivity index (χ1) is 11.3. The number of benzene rings is 2. The number of anilines is 1. The van der Waals surface area contributed by atoms with Crippen molar-refractivity contribution in [3.63, 3.8) is 0 Å². The van der Waals surface area contributed by atoms with Crippen molar-refractivity contribution in [3.05, 3.63) is 59.1 Å². The lowest BCUT2D eigenvalue weighted by Crippen LogP contribution is -2.30. The highest BCUT2D eigenvalue weighted by Gasteiger charge is 2.29. The molecule has 128 valence electrons. The molecule has 0 aliphatic carbocycles. The molecule has 0 fully saturated rings. The Morgan fingerprint density at radius 2 is 1.67 bits per heavy atom. The summed E-state index contributed by atoms with van der Waals surface area (Å²) in [5, 5.41) is 6.92. The molecule has 0 radical (unpaired) electrons. The standard InChI is InChI=1S/C16H14ClF3N2S2/c17-12-3-7-14(8-4-12)24-10-9-21-15(23)22-13-5-1-11(2-6-13)16(18,19)20/h1-8H,9-10H2,(H2,21,22,23). The summed E-state index contributed by atoms with van der Waals surface area (Å²) >= 11 is 12.6. The van der Waals surface area contributed by atoms with Crippen molar-refractivity contribution < 1.29 is 13.2 Å². The second-order valence-corrected chi connectivity index (χ2v) is 6.77. The number of nitrogens with one attached hydrogen (secondary N) is 2. The summed E-state index contributed by atoms with van der Waals surface area (Å²) in [6, 6.07) is 12.3. The van der Waals surface area contributed by atoms with Crippen LogP contribution < -0.4 is 10.6 Å². The van der Waals surface area contributed by atoms with Crippen LogP contribution in [0.5, 0.6) is 0 Å². The van der Waals surface area contributed by atoms with Crippen LogP contribution in [0.15, 0.2) is 53.4 Å². The lowest BCUT2D eigenvalue weighted by molar-refractivity contribution is -0.137. The quantitative estimate of drug-likeness (QED) is 0.403. The maximum Gasteiger partial charge on any atom is 0.416 e.